The Morgan fingerprint density at radius 2 is 1.88 bits per heavy atom. The molecule has 2 aromatic carbocycles. The summed E-state index contributed by atoms with van der Waals surface area (Å²) < 4.78 is 13.5. The number of nitrogens with zero attached hydrogens (tertiary/aromatic N) is 3. The van der Waals surface area contributed by atoms with Crippen LogP contribution in [0, 0.1) is 6.92 Å². The van der Waals surface area contributed by atoms with Gasteiger partial charge in [-0.1, -0.05) is 54.1 Å². The van der Waals surface area contributed by atoms with Crippen molar-refractivity contribution in [3.05, 3.63) is 78.4 Å². The van der Waals surface area contributed by atoms with Crippen molar-refractivity contribution in [2.75, 3.05) is 26.8 Å². The van der Waals surface area contributed by atoms with E-state index >= 15 is 0 Å². The molecule has 1 unspecified atom stereocenters. The zero-order valence-electron chi connectivity index (χ0n) is 19.9. The molecule has 0 fully saturated rings. The summed E-state index contributed by atoms with van der Waals surface area (Å²) in [5, 5.41) is 15.4. The quantitative estimate of drug-likeness (QED) is 0.374. The lowest BCUT2D eigenvalue weighted by Gasteiger charge is -2.25. The van der Waals surface area contributed by atoms with Crippen LogP contribution in [0.3, 0.4) is 0 Å². The molecule has 0 radical (unpaired) electrons. The number of hydrogen-bond acceptors (Lipinski definition) is 5. The van der Waals surface area contributed by atoms with E-state index in [0.717, 1.165) is 29.0 Å². The fraction of sp³-hybridized carbons (Fsp3) is 0.370. The number of hydrogen-bond donors (Lipinski definition) is 1. The molecular weight excluding hydrogens is 414 g/mol. The first-order valence-electron chi connectivity index (χ1n) is 11.4. The van der Waals surface area contributed by atoms with Crippen molar-refractivity contribution in [3.8, 4) is 22.9 Å². The Hall–Kier alpha value is -2.93. The van der Waals surface area contributed by atoms with Crippen molar-refractivity contribution in [1.29, 1.82) is 0 Å². The van der Waals surface area contributed by atoms with Crippen LogP contribution in [0.1, 0.15) is 24.0 Å². The molecule has 6 heteroatoms. The van der Waals surface area contributed by atoms with Crippen molar-refractivity contribution >= 4 is 0 Å². The Labute approximate surface area is 197 Å². The molecule has 0 spiro atoms. The van der Waals surface area contributed by atoms with Crippen molar-refractivity contribution in [2.45, 2.75) is 32.4 Å². The minimum absolute atomic E-state index is 0.446. The monoisotopic (exact) mass is 449 g/mol. The molecule has 0 aliphatic rings. The maximum Gasteiger partial charge on any atom is 0.222 e. The van der Waals surface area contributed by atoms with Gasteiger partial charge in [-0.05, 0) is 31.9 Å². The first kappa shape index (κ1) is 24.7. The second-order valence-electron chi connectivity index (χ2n) is 8.28. The molecule has 33 heavy (non-hydrogen) atoms. The minimum Gasteiger partial charge on any atom is -0.439 e. The van der Waals surface area contributed by atoms with Crippen LogP contribution in [0.15, 0.2) is 67.3 Å². The highest BCUT2D eigenvalue weighted by Crippen LogP contribution is 2.34. The third-order valence-corrected chi connectivity index (χ3v) is 5.54. The summed E-state index contributed by atoms with van der Waals surface area (Å²) in [5.41, 5.74) is 4.07. The van der Waals surface area contributed by atoms with E-state index in [9.17, 15) is 5.11 Å². The first-order valence-corrected chi connectivity index (χ1v) is 11.4. The third kappa shape index (κ3) is 7.02. The van der Waals surface area contributed by atoms with Crippen LogP contribution < -0.4 is 4.74 Å². The summed E-state index contributed by atoms with van der Waals surface area (Å²) in [6.45, 7) is 8.19. The van der Waals surface area contributed by atoms with Crippen molar-refractivity contribution < 1.29 is 14.6 Å². The summed E-state index contributed by atoms with van der Waals surface area (Å²) in [5.74, 6) is 1.46. The number of aromatic nitrogens is 2. The van der Waals surface area contributed by atoms with Crippen LogP contribution >= 0.6 is 0 Å². The van der Waals surface area contributed by atoms with Gasteiger partial charge in [0.05, 0.1) is 18.3 Å². The molecule has 176 valence electrons. The molecule has 1 aromatic heterocycles. The van der Waals surface area contributed by atoms with Gasteiger partial charge in [0.25, 0.3) is 0 Å². The molecule has 3 rings (SSSR count). The van der Waals surface area contributed by atoms with E-state index in [0.29, 0.717) is 38.5 Å². The Kier molecular flexibility index (Phi) is 9.24. The van der Waals surface area contributed by atoms with E-state index in [-0.39, 0.29) is 0 Å². The van der Waals surface area contributed by atoms with Gasteiger partial charge < -0.3 is 14.6 Å². The largest absolute Gasteiger partial charge is 0.439 e. The highest BCUT2D eigenvalue weighted by Gasteiger charge is 2.23. The zero-order valence-corrected chi connectivity index (χ0v) is 19.9. The molecule has 1 N–H and O–H groups in total. The summed E-state index contributed by atoms with van der Waals surface area (Å²) >= 11 is 0. The normalized spacial score (nSPS) is 12.2. The second kappa shape index (κ2) is 12.3. The van der Waals surface area contributed by atoms with E-state index in [4.69, 9.17) is 14.6 Å². The second-order valence-corrected chi connectivity index (χ2v) is 8.28. The third-order valence-electron chi connectivity index (χ3n) is 5.54. The van der Waals surface area contributed by atoms with Crippen LogP contribution in [0.5, 0.6) is 11.6 Å². The zero-order chi connectivity index (χ0) is 23.6. The van der Waals surface area contributed by atoms with Gasteiger partial charge in [0.15, 0.2) is 0 Å². The molecule has 0 bridgehead atoms. The molecule has 0 saturated carbocycles. The topological polar surface area (TPSA) is 59.8 Å². The highest BCUT2D eigenvalue weighted by molar-refractivity contribution is 5.65. The Morgan fingerprint density at radius 3 is 2.55 bits per heavy atom. The number of allylic oxidation sites excluding steroid dienone is 1. The fourth-order valence-electron chi connectivity index (χ4n) is 3.75. The smallest absolute Gasteiger partial charge is 0.222 e. The van der Waals surface area contributed by atoms with Gasteiger partial charge >= 0.3 is 0 Å². The molecule has 0 aliphatic heterocycles. The predicted molar refractivity (Wildman–Crippen MR) is 132 cm³/mol. The van der Waals surface area contributed by atoms with E-state index in [2.05, 4.69) is 30.5 Å². The number of aliphatic hydroxyl groups is 1. The fourth-order valence-corrected chi connectivity index (χ4v) is 3.75. The summed E-state index contributed by atoms with van der Waals surface area (Å²) in [7, 11) is 3.59. The number of rotatable bonds is 13. The number of methoxy groups -OCH3 is 1. The Balaban J connectivity index is 1.96. The van der Waals surface area contributed by atoms with Crippen LogP contribution in [-0.2, 0) is 18.3 Å². The Morgan fingerprint density at radius 1 is 1.15 bits per heavy atom. The van der Waals surface area contributed by atoms with E-state index < -0.39 is 6.10 Å². The van der Waals surface area contributed by atoms with Gasteiger partial charge in [-0.25, -0.2) is 4.68 Å². The van der Waals surface area contributed by atoms with Crippen LogP contribution in [0.4, 0.5) is 0 Å². The van der Waals surface area contributed by atoms with E-state index in [1.807, 2.05) is 55.6 Å². The van der Waals surface area contributed by atoms with Gasteiger partial charge in [0.1, 0.15) is 11.4 Å². The average molecular weight is 450 g/mol. The molecule has 3 aromatic rings. The molecule has 1 heterocycles. The van der Waals surface area contributed by atoms with E-state index in [1.54, 1.807) is 11.8 Å². The van der Waals surface area contributed by atoms with Crippen LogP contribution in [0.25, 0.3) is 11.3 Å². The molecule has 1 atom stereocenters. The van der Waals surface area contributed by atoms with Gasteiger partial charge in [-0.2, -0.15) is 5.10 Å². The number of ether oxygens (including phenoxy) is 2. The molecule has 6 nitrogen and oxygen atoms in total. The summed E-state index contributed by atoms with van der Waals surface area (Å²) in [6.07, 6.45) is 2.85. The lowest BCUT2D eigenvalue weighted by atomic mass is 10.1. The molecule has 0 amide bonds. The highest BCUT2D eigenvalue weighted by atomic mass is 16.5. The predicted octanol–water partition coefficient (Wildman–Crippen LogP) is 4.96. The van der Waals surface area contributed by atoms with Gasteiger partial charge in [-0.15, -0.1) is 6.58 Å². The lowest BCUT2D eigenvalue weighted by Crippen LogP contribution is -2.34. The average Bonchev–Trinajstić information content (AvgIpc) is 3.13. The molecule has 0 aliphatic carbocycles. The summed E-state index contributed by atoms with van der Waals surface area (Å²) in [4.78, 5) is 2.20. The van der Waals surface area contributed by atoms with Gasteiger partial charge in [0, 0.05) is 39.4 Å². The van der Waals surface area contributed by atoms with Gasteiger partial charge in [-0.3, -0.25) is 4.90 Å². The molecule has 0 saturated heterocycles. The van der Waals surface area contributed by atoms with Crippen molar-refractivity contribution in [3.63, 3.8) is 0 Å². The van der Waals surface area contributed by atoms with Crippen molar-refractivity contribution in [1.82, 2.24) is 14.7 Å². The van der Waals surface area contributed by atoms with Crippen LogP contribution in [0.2, 0.25) is 0 Å². The molecular formula is C27H35N3O3. The standard InChI is InChI=1S/C27H35N3O3/c1-5-6-12-23(31)19-30(17-18-32-4)20-25-26(22-10-8-7-9-11-22)28-29(3)27(25)33-24-15-13-21(2)14-16-24/h5,7-11,13-16,23,31H,1,6,12,17-20H2,2-4H3. The Bertz CT molecular complexity index is 999. The number of aliphatic hydroxyl groups excluding tert-OH is 1. The SMILES string of the molecule is C=CCCC(O)CN(CCOC)Cc1c(-c2ccccc2)nn(C)c1Oc1ccc(C)cc1. The summed E-state index contributed by atoms with van der Waals surface area (Å²) in [6, 6.07) is 18.1. The maximum atomic E-state index is 10.6. The maximum absolute atomic E-state index is 10.6. The number of benzene rings is 2. The number of aryl methyl sites for hydroxylation is 2. The minimum atomic E-state index is -0.446. The lowest BCUT2D eigenvalue weighted by molar-refractivity contribution is 0.0806. The first-order chi connectivity index (χ1) is 16.0. The van der Waals surface area contributed by atoms with E-state index in [1.165, 1.54) is 5.56 Å². The van der Waals surface area contributed by atoms with Crippen LogP contribution in [-0.4, -0.2) is 52.7 Å². The van der Waals surface area contributed by atoms with Crippen molar-refractivity contribution in [2.24, 2.45) is 7.05 Å². The van der Waals surface area contributed by atoms with Gasteiger partial charge in [0.2, 0.25) is 5.88 Å².